The molecule has 8 atom stereocenters. The number of allylic oxidation sites excluding steroid dienone is 2. The molecule has 4 aliphatic rings. The van der Waals surface area contributed by atoms with Crippen LogP contribution in [0, 0.1) is 50.7 Å². The maximum atomic E-state index is 14.3. The lowest BCUT2D eigenvalue weighted by Gasteiger charge is -2.69. The second-order valence-corrected chi connectivity index (χ2v) is 20.2. The van der Waals surface area contributed by atoms with E-state index in [2.05, 4.69) is 61.5 Å². The van der Waals surface area contributed by atoms with Crippen LogP contribution >= 0.6 is 0 Å². The van der Waals surface area contributed by atoms with Crippen LogP contribution in [-0.4, -0.2) is 61.6 Å². The number of fused-ring (bicyclic) bond motifs is 5. The Morgan fingerprint density at radius 2 is 1.77 bits per heavy atom. The molecule has 60 heavy (non-hydrogen) atoms. The van der Waals surface area contributed by atoms with Crippen molar-refractivity contribution in [3.05, 3.63) is 35.3 Å². The average Bonchev–Trinajstić information content (AvgIpc) is 3.68. The normalized spacial score (nSPS) is 31.1. The van der Waals surface area contributed by atoms with E-state index in [9.17, 15) is 32.7 Å². The first kappa shape index (κ1) is 45.7. The van der Waals surface area contributed by atoms with Crippen LogP contribution in [0.4, 0.5) is 13.2 Å². The van der Waals surface area contributed by atoms with Gasteiger partial charge in [0.2, 0.25) is 5.88 Å². The molecule has 0 aliphatic heterocycles. The summed E-state index contributed by atoms with van der Waals surface area (Å²) in [7, 11) is 0. The van der Waals surface area contributed by atoms with Gasteiger partial charge in [0.05, 0.1) is 11.8 Å². The van der Waals surface area contributed by atoms with Crippen molar-refractivity contribution in [3.63, 3.8) is 0 Å². The highest BCUT2D eigenvalue weighted by Crippen LogP contribution is 2.75. The maximum Gasteiger partial charge on any atom is 0.574 e. The number of carboxylic acids is 1. The van der Waals surface area contributed by atoms with Gasteiger partial charge in [-0.15, -0.1) is 23.4 Å². The topological polar surface area (TPSA) is 160 Å². The maximum absolute atomic E-state index is 14.3. The fourth-order valence-electron chi connectivity index (χ4n) is 12.4. The van der Waals surface area contributed by atoms with Gasteiger partial charge in [0.1, 0.15) is 11.9 Å². The summed E-state index contributed by atoms with van der Waals surface area (Å²) in [5, 5.41) is 18.8. The molecule has 0 radical (unpaired) electrons. The van der Waals surface area contributed by atoms with Crippen LogP contribution < -0.4 is 10.5 Å². The van der Waals surface area contributed by atoms with E-state index in [-0.39, 0.29) is 52.9 Å². The molecule has 3 N–H and O–H groups in total. The van der Waals surface area contributed by atoms with Crippen molar-refractivity contribution in [2.24, 2.45) is 56.5 Å². The van der Waals surface area contributed by atoms with E-state index in [1.165, 1.54) is 17.8 Å². The molecule has 2 heterocycles. The van der Waals surface area contributed by atoms with Gasteiger partial charge in [-0.3, -0.25) is 14.4 Å². The van der Waals surface area contributed by atoms with Crippen molar-refractivity contribution in [3.8, 4) is 17.3 Å². The predicted octanol–water partition coefficient (Wildman–Crippen LogP) is 9.52. The molecular weight excluding hydrogens is 776 g/mol. The molecule has 3 fully saturated rings. The fraction of sp³-hybridized carbons (Fsp3) is 0.739. The van der Waals surface area contributed by atoms with E-state index in [1.807, 2.05) is 11.5 Å². The predicted molar refractivity (Wildman–Crippen MR) is 220 cm³/mol. The van der Waals surface area contributed by atoms with Crippen molar-refractivity contribution in [1.82, 2.24) is 19.7 Å². The van der Waals surface area contributed by atoms with Crippen LogP contribution in [0.5, 0.6) is 5.88 Å². The van der Waals surface area contributed by atoms with Crippen LogP contribution in [0.15, 0.2) is 29.5 Å². The fourth-order valence-corrected chi connectivity index (χ4v) is 12.4. The second-order valence-electron chi connectivity index (χ2n) is 20.2. The third-order valence-electron chi connectivity index (χ3n) is 16.1. The van der Waals surface area contributed by atoms with Gasteiger partial charge < -0.3 is 24.9 Å². The van der Waals surface area contributed by atoms with Crippen LogP contribution in [0.2, 0.25) is 0 Å². The van der Waals surface area contributed by atoms with E-state index in [1.54, 1.807) is 13.8 Å². The van der Waals surface area contributed by atoms with Gasteiger partial charge in [0.15, 0.2) is 11.6 Å². The summed E-state index contributed by atoms with van der Waals surface area (Å²) in [6.45, 7) is 19.9. The van der Waals surface area contributed by atoms with Gasteiger partial charge in [-0.05, 0) is 123 Å². The van der Waals surface area contributed by atoms with Gasteiger partial charge in [0, 0.05) is 49.2 Å². The second kappa shape index (κ2) is 16.5. The minimum Gasteiger partial charge on any atom is -0.481 e. The van der Waals surface area contributed by atoms with E-state index in [4.69, 9.17) is 10.5 Å². The molecule has 3 saturated carbocycles. The smallest absolute Gasteiger partial charge is 0.481 e. The van der Waals surface area contributed by atoms with Gasteiger partial charge in [-0.2, -0.15) is 0 Å². The molecule has 0 aromatic carbocycles. The molecule has 0 unspecified atom stereocenters. The Balaban J connectivity index is 1.29. The zero-order valence-electron chi connectivity index (χ0n) is 37.0. The first-order valence-electron chi connectivity index (χ1n) is 22.0. The third kappa shape index (κ3) is 8.15. The number of alkyl halides is 3. The van der Waals surface area contributed by atoms with Crippen molar-refractivity contribution in [1.29, 1.82) is 0 Å². The average molecular weight is 842 g/mol. The number of halogens is 3. The number of carbonyl (C=O) groups excluding carboxylic acids is 2. The lowest BCUT2D eigenvalue weighted by atomic mass is 9.35. The monoisotopic (exact) mass is 841 g/mol. The van der Waals surface area contributed by atoms with E-state index < -0.39 is 35.0 Å². The Morgan fingerprint density at radius 1 is 1.05 bits per heavy atom. The van der Waals surface area contributed by atoms with E-state index >= 15 is 0 Å². The van der Waals surface area contributed by atoms with Gasteiger partial charge in [0.25, 0.3) is 0 Å². The number of carbonyl (C=O) groups is 3. The molecule has 0 spiro atoms. The zero-order valence-corrected chi connectivity index (χ0v) is 37.0. The van der Waals surface area contributed by atoms with Gasteiger partial charge in [-0.25, -0.2) is 4.98 Å². The standard InChI is InChI=1S/C46H66F3N5O6/c1-10-30(59-36(56)25-41(5,6)40(57)58)16-17-42(7)28(4)15-18-44(9)33(42)13-12-31-38-37(27(2)3)32(55)23-45(38,20-19-43(31,44)8)24-34-52-53-39(54(34)22-21-50)29-11-14-35(51-26-29)60-46(47,48)49/h11,14,26-28,30-31,33H,10,12-13,15-25,50H2,1-9H3,(H,57,58)/t28-,30-,31-,33-,42+,43-,44-,45+/m1/s1. The lowest BCUT2D eigenvalue weighted by Crippen LogP contribution is -2.62. The van der Waals surface area contributed by atoms with E-state index in [0.717, 1.165) is 63.0 Å². The minimum absolute atomic E-state index is 0.0165. The van der Waals surface area contributed by atoms with E-state index in [0.29, 0.717) is 54.9 Å². The number of carboxylic acid groups (broad SMARTS) is 1. The quantitative estimate of drug-likeness (QED) is 0.165. The largest absolute Gasteiger partial charge is 0.574 e. The van der Waals surface area contributed by atoms with Crippen molar-refractivity contribution >= 4 is 17.7 Å². The Labute approximate surface area is 352 Å². The van der Waals surface area contributed by atoms with Crippen LogP contribution in [-0.2, 0) is 32.1 Å². The molecule has 2 aromatic heterocycles. The number of hydrogen-bond acceptors (Lipinski definition) is 9. The van der Waals surface area contributed by atoms with Gasteiger partial charge in [-0.1, -0.05) is 54.0 Å². The summed E-state index contributed by atoms with van der Waals surface area (Å²) in [4.78, 5) is 42.8. The van der Waals surface area contributed by atoms with Crippen molar-refractivity contribution in [2.45, 2.75) is 158 Å². The summed E-state index contributed by atoms with van der Waals surface area (Å²) in [6.07, 6.45) is 5.11. The molecular formula is C46H66F3N5O6. The first-order chi connectivity index (χ1) is 27.9. The SMILES string of the molecule is CC[C@H](CC[C@@]1(C)[C@H](C)CC[C@]2(C)[C@@H]1CC[C@@H]1C3=C(C(C)C)C(=O)C[C@]3(Cc3nnc(-c4ccc(OC(F)(F)F)nc4)n3CCN)CC[C@]12C)OC(=O)CC(C)(C)C(=O)O. The Morgan fingerprint density at radius 3 is 2.37 bits per heavy atom. The molecule has 11 nitrogen and oxygen atoms in total. The highest BCUT2D eigenvalue weighted by atomic mass is 19.4. The van der Waals surface area contributed by atoms with Crippen LogP contribution in [0.3, 0.4) is 0 Å². The summed E-state index contributed by atoms with van der Waals surface area (Å²) in [5.41, 5.74) is 7.12. The highest BCUT2D eigenvalue weighted by molar-refractivity contribution is 6.00. The van der Waals surface area contributed by atoms with Crippen LogP contribution in [0.25, 0.3) is 11.4 Å². The molecule has 6 rings (SSSR count). The van der Waals surface area contributed by atoms with Crippen molar-refractivity contribution in [2.75, 3.05) is 6.54 Å². The number of aromatic nitrogens is 4. The van der Waals surface area contributed by atoms with Crippen molar-refractivity contribution < 1.29 is 42.1 Å². The van der Waals surface area contributed by atoms with Crippen LogP contribution in [0.1, 0.15) is 139 Å². The number of pyridine rings is 1. The lowest BCUT2D eigenvalue weighted by molar-refractivity contribution is -0.276. The summed E-state index contributed by atoms with van der Waals surface area (Å²) in [5.74, 6) is 0.421. The zero-order chi connectivity index (χ0) is 44.2. The number of rotatable bonds is 15. The number of aliphatic carboxylic acids is 1. The molecule has 0 bridgehead atoms. The Bertz CT molecular complexity index is 1980. The molecule has 0 amide bonds. The number of ether oxygens (including phenoxy) is 2. The number of hydrogen-bond donors (Lipinski definition) is 2. The summed E-state index contributed by atoms with van der Waals surface area (Å²) >= 11 is 0. The molecule has 332 valence electrons. The number of esters is 1. The third-order valence-corrected chi connectivity index (χ3v) is 16.1. The number of nitrogens with zero attached hydrogens (tertiary/aromatic N) is 4. The Hall–Kier alpha value is -3.81. The molecule has 4 aliphatic carbocycles. The molecule has 2 aromatic rings. The minimum atomic E-state index is -4.86. The summed E-state index contributed by atoms with van der Waals surface area (Å²) in [6, 6.07) is 2.64. The molecule has 14 heteroatoms. The highest BCUT2D eigenvalue weighted by Gasteiger charge is 2.67. The van der Waals surface area contributed by atoms with Gasteiger partial charge >= 0.3 is 18.3 Å². The number of ketones is 1. The number of Topliss-reactive ketones (excluding diaryl/α,β-unsaturated/α-hetero) is 1. The first-order valence-corrected chi connectivity index (χ1v) is 22.0. The number of nitrogens with two attached hydrogens (primary N) is 1. The summed E-state index contributed by atoms with van der Waals surface area (Å²) < 4.78 is 50.4. The molecule has 0 saturated heterocycles. The Kier molecular flexibility index (Phi) is 12.5.